The third-order valence-electron chi connectivity index (χ3n) is 9.08. The minimum Gasteiger partial charge on any atom is -0.539 e. The van der Waals surface area contributed by atoms with Gasteiger partial charge in [0.1, 0.15) is 0 Å². The lowest BCUT2D eigenvalue weighted by Gasteiger charge is -2.62. The molecule has 0 heterocycles. The fourth-order valence-corrected chi connectivity index (χ4v) is 6.94. The Balaban J connectivity index is 7.49. The Kier molecular flexibility index (Phi) is 21.0. The van der Waals surface area contributed by atoms with Gasteiger partial charge < -0.3 is 19.8 Å². The molecule has 0 atom stereocenters. The second-order valence-electron chi connectivity index (χ2n) is 12.1. The number of hydrogen-bond donors (Lipinski definition) is 0. The van der Waals surface area contributed by atoms with Gasteiger partial charge in [-0.3, -0.25) is 8.97 Å². The maximum Gasteiger partial charge on any atom is 0.308 e. The van der Waals surface area contributed by atoms with Crippen LogP contribution in [-0.4, -0.2) is 65.8 Å². The number of carboxylic acids is 2. The third kappa shape index (κ3) is 10.6. The molecule has 0 spiro atoms. The average molecular weight is 555 g/mol. The Labute approximate surface area is 242 Å². The summed E-state index contributed by atoms with van der Waals surface area (Å²) in [6.07, 6.45) is 16.9. The van der Waals surface area contributed by atoms with Crippen molar-refractivity contribution in [1.29, 1.82) is 0 Å². The largest absolute Gasteiger partial charge is 0.539 e. The van der Waals surface area contributed by atoms with Crippen LogP contribution in [0.25, 0.3) is 0 Å². The molecule has 0 N–H and O–H groups in total. The maximum atomic E-state index is 13.8. The minimum atomic E-state index is -2.09. The second kappa shape index (κ2) is 21.6. The Morgan fingerprint density at radius 3 is 0.718 bits per heavy atom. The van der Waals surface area contributed by atoms with Gasteiger partial charge in [0.05, 0.1) is 39.3 Å². The van der Waals surface area contributed by atoms with Gasteiger partial charge in [0, 0.05) is 0 Å². The zero-order valence-electron chi connectivity index (χ0n) is 27.0. The van der Waals surface area contributed by atoms with E-state index in [-0.39, 0.29) is 8.97 Å². The number of carbonyl (C=O) groups is 2. The van der Waals surface area contributed by atoms with E-state index in [0.29, 0.717) is 39.3 Å². The number of carbonyl (C=O) groups excluding carboxylic acids is 2. The van der Waals surface area contributed by atoms with E-state index in [1.165, 1.54) is 0 Å². The quantitative estimate of drug-likeness (QED) is 0.0517. The molecule has 0 aromatic heterocycles. The van der Waals surface area contributed by atoms with E-state index in [2.05, 4.69) is 41.5 Å². The van der Waals surface area contributed by atoms with E-state index >= 15 is 0 Å². The number of unbranched alkanes of at least 4 members (excludes halogenated alkanes) is 12. The zero-order chi connectivity index (χ0) is 29.6. The molecule has 232 valence electrons. The topological polar surface area (TPSA) is 80.3 Å². The molecule has 0 radical (unpaired) electrons. The van der Waals surface area contributed by atoms with Crippen molar-refractivity contribution in [3.05, 3.63) is 0 Å². The van der Waals surface area contributed by atoms with Crippen molar-refractivity contribution in [2.75, 3.05) is 39.3 Å². The van der Waals surface area contributed by atoms with Crippen molar-refractivity contribution >= 4 is 11.9 Å². The molecule has 0 unspecified atom stereocenters. The summed E-state index contributed by atoms with van der Waals surface area (Å²) < 4.78 is 0.171. The van der Waals surface area contributed by atoms with Gasteiger partial charge in [-0.25, -0.2) is 0 Å². The molecule has 39 heavy (non-hydrogen) atoms. The summed E-state index contributed by atoms with van der Waals surface area (Å²) >= 11 is 0. The van der Waals surface area contributed by atoms with Crippen LogP contribution in [0.1, 0.15) is 157 Å². The van der Waals surface area contributed by atoms with Crippen LogP contribution in [0.3, 0.4) is 0 Å². The smallest absolute Gasteiger partial charge is 0.308 e. The Bertz CT molecular complexity index is 530. The standard InChI is InChI=1S/C33H66N2O4/c1-7-13-19-25-34(26-20-14-8-2,27-21-15-9-3)33(31(36)37,32(38)39)35(28-22-16-10-4,29-23-17-11-5)30-24-18-12-6/h7-30H2,1-6H3. The lowest BCUT2D eigenvalue weighted by atomic mass is 9.91. The van der Waals surface area contributed by atoms with E-state index < -0.39 is 17.6 Å². The fraction of sp³-hybridized carbons (Fsp3) is 0.939. The van der Waals surface area contributed by atoms with E-state index in [4.69, 9.17) is 0 Å². The highest BCUT2D eigenvalue weighted by Gasteiger charge is 2.66. The van der Waals surface area contributed by atoms with Crippen molar-refractivity contribution < 1.29 is 28.8 Å². The summed E-state index contributed by atoms with van der Waals surface area (Å²) in [5.74, 6) is -2.81. The van der Waals surface area contributed by atoms with Crippen molar-refractivity contribution in [2.45, 2.75) is 163 Å². The van der Waals surface area contributed by atoms with Crippen LogP contribution in [0.5, 0.6) is 0 Å². The van der Waals surface area contributed by atoms with Gasteiger partial charge in [0.2, 0.25) is 0 Å². The Morgan fingerprint density at radius 2 is 0.590 bits per heavy atom. The first-order valence-electron chi connectivity index (χ1n) is 16.9. The Morgan fingerprint density at radius 1 is 0.410 bits per heavy atom. The molecule has 0 bridgehead atoms. The highest BCUT2D eigenvalue weighted by atomic mass is 16.4. The van der Waals surface area contributed by atoms with Crippen LogP contribution in [0.15, 0.2) is 0 Å². The molecule has 0 saturated heterocycles. The molecule has 0 aliphatic rings. The van der Waals surface area contributed by atoms with Crippen LogP contribution in [0, 0.1) is 0 Å². The molecule has 0 aliphatic carbocycles. The monoisotopic (exact) mass is 555 g/mol. The van der Waals surface area contributed by atoms with Gasteiger partial charge in [0.25, 0.3) is 0 Å². The summed E-state index contributed by atoms with van der Waals surface area (Å²) in [6, 6.07) is 0. The van der Waals surface area contributed by atoms with Gasteiger partial charge in [-0.15, -0.1) is 0 Å². The first-order chi connectivity index (χ1) is 18.8. The fourth-order valence-electron chi connectivity index (χ4n) is 6.94. The summed E-state index contributed by atoms with van der Waals surface area (Å²) in [4.78, 5) is 27.6. The molecule has 0 aromatic rings. The zero-order valence-corrected chi connectivity index (χ0v) is 27.0. The van der Waals surface area contributed by atoms with Gasteiger partial charge in [-0.05, 0) is 77.0 Å². The number of rotatable bonds is 28. The molecular formula is C33H66N2O4. The average Bonchev–Trinajstić information content (AvgIpc) is 2.89. The van der Waals surface area contributed by atoms with E-state index in [1.807, 2.05) is 0 Å². The van der Waals surface area contributed by atoms with Gasteiger partial charge in [-0.1, -0.05) is 80.1 Å². The lowest BCUT2D eigenvalue weighted by molar-refractivity contribution is -1.15. The minimum absolute atomic E-state index is 0.0854. The summed E-state index contributed by atoms with van der Waals surface area (Å²) in [6.45, 7) is 16.3. The molecule has 6 nitrogen and oxygen atoms in total. The van der Waals surface area contributed by atoms with E-state index in [0.717, 1.165) is 116 Å². The van der Waals surface area contributed by atoms with Crippen molar-refractivity contribution in [1.82, 2.24) is 0 Å². The highest BCUT2D eigenvalue weighted by Crippen LogP contribution is 2.40. The number of carboxylic acid groups (broad SMARTS) is 2. The van der Waals surface area contributed by atoms with Crippen LogP contribution >= 0.6 is 0 Å². The number of aliphatic carboxylic acids is 2. The first kappa shape index (κ1) is 37.9. The second-order valence-corrected chi connectivity index (χ2v) is 12.1. The highest BCUT2D eigenvalue weighted by molar-refractivity contribution is 5.97. The Hall–Kier alpha value is -1.14. The predicted octanol–water partition coefficient (Wildman–Crippen LogP) is 5.96. The molecule has 0 saturated carbocycles. The normalized spacial score (nSPS) is 12.7. The molecule has 0 aromatic carbocycles. The number of quaternary nitrogens is 2. The summed E-state index contributed by atoms with van der Waals surface area (Å²) in [7, 11) is 0. The molecule has 0 aliphatic heterocycles. The van der Waals surface area contributed by atoms with Gasteiger partial charge in [-0.2, -0.15) is 0 Å². The molecule has 0 fully saturated rings. The SMILES string of the molecule is CCCCC[N+](CCCCC)(CCCCC)C(C(=O)[O-])(C(=O)[O-])[N+](CCCCC)(CCCCC)CCCCC. The van der Waals surface area contributed by atoms with Gasteiger partial charge >= 0.3 is 5.66 Å². The predicted molar refractivity (Wildman–Crippen MR) is 160 cm³/mol. The molecule has 0 amide bonds. The third-order valence-corrected chi connectivity index (χ3v) is 9.08. The molecular weight excluding hydrogens is 488 g/mol. The van der Waals surface area contributed by atoms with Crippen LogP contribution in [0.2, 0.25) is 0 Å². The summed E-state index contributed by atoms with van der Waals surface area (Å²) in [5, 5.41) is 27.6. The lowest BCUT2D eigenvalue weighted by Crippen LogP contribution is -2.90. The number of hydrogen-bond acceptors (Lipinski definition) is 4. The first-order valence-corrected chi connectivity index (χ1v) is 16.9. The van der Waals surface area contributed by atoms with E-state index in [1.54, 1.807) is 0 Å². The van der Waals surface area contributed by atoms with Crippen LogP contribution in [0.4, 0.5) is 0 Å². The van der Waals surface area contributed by atoms with Crippen LogP contribution < -0.4 is 10.2 Å². The van der Waals surface area contributed by atoms with Gasteiger partial charge in [0.15, 0.2) is 11.9 Å². The molecule has 0 rings (SSSR count). The van der Waals surface area contributed by atoms with Crippen molar-refractivity contribution in [3.63, 3.8) is 0 Å². The van der Waals surface area contributed by atoms with Crippen molar-refractivity contribution in [3.8, 4) is 0 Å². The number of nitrogens with zero attached hydrogens (tertiary/aromatic N) is 2. The van der Waals surface area contributed by atoms with Crippen LogP contribution in [-0.2, 0) is 9.59 Å². The van der Waals surface area contributed by atoms with Crippen molar-refractivity contribution in [2.24, 2.45) is 0 Å². The maximum absolute atomic E-state index is 13.8. The molecule has 6 heteroatoms. The summed E-state index contributed by atoms with van der Waals surface area (Å²) in [5.41, 5.74) is -2.09. The van der Waals surface area contributed by atoms with E-state index in [9.17, 15) is 19.8 Å².